The molecular weight excluding hydrogens is 478 g/mol. The molecule has 1 atom stereocenters. The first-order valence-corrected chi connectivity index (χ1v) is 14.4. The van der Waals surface area contributed by atoms with Crippen LogP contribution in [0, 0.1) is 41.5 Å². The van der Waals surface area contributed by atoms with E-state index in [9.17, 15) is 13.5 Å². The molecule has 0 aliphatic heterocycles. The largest absolute Gasteiger partial charge is 0.381 e. The Kier molecular flexibility index (Phi) is 5.18. The highest BCUT2D eigenvalue weighted by molar-refractivity contribution is 7.90. The maximum atomic E-state index is 13.8. The van der Waals surface area contributed by atoms with Gasteiger partial charge in [-0.3, -0.25) is 0 Å². The average Bonchev–Trinajstić information content (AvgIpc) is 3.45. The number of aryl methyl sites for hydroxylation is 5. The van der Waals surface area contributed by atoms with Crippen molar-refractivity contribution in [3.63, 3.8) is 0 Å². The van der Waals surface area contributed by atoms with Gasteiger partial charge in [-0.05, 0) is 123 Å². The van der Waals surface area contributed by atoms with Gasteiger partial charge < -0.3 is 5.11 Å². The zero-order valence-corrected chi connectivity index (χ0v) is 23.2. The van der Waals surface area contributed by atoms with Crippen molar-refractivity contribution in [1.29, 1.82) is 0 Å². The summed E-state index contributed by atoms with van der Waals surface area (Å²) in [6.45, 7) is 12.4. The van der Waals surface area contributed by atoms with E-state index in [4.69, 9.17) is 0 Å². The summed E-state index contributed by atoms with van der Waals surface area (Å²) in [6.07, 6.45) is 5.83. The van der Waals surface area contributed by atoms with Crippen molar-refractivity contribution >= 4 is 27.0 Å². The van der Waals surface area contributed by atoms with E-state index < -0.39 is 15.6 Å². The molecule has 4 nitrogen and oxygen atoms in total. The monoisotopic (exact) mass is 511 g/mol. The van der Waals surface area contributed by atoms with Crippen molar-refractivity contribution in [2.45, 2.75) is 71.3 Å². The second-order valence-corrected chi connectivity index (χ2v) is 12.9. The van der Waals surface area contributed by atoms with E-state index >= 15 is 0 Å². The quantitative estimate of drug-likeness (QED) is 0.341. The van der Waals surface area contributed by atoms with E-state index in [0.29, 0.717) is 24.8 Å². The number of aromatic nitrogens is 1. The third kappa shape index (κ3) is 3.33. The Bertz CT molecular complexity index is 1770. The van der Waals surface area contributed by atoms with Gasteiger partial charge in [0.15, 0.2) is 0 Å². The Labute approximate surface area is 219 Å². The fourth-order valence-electron chi connectivity index (χ4n) is 6.57. The zero-order chi connectivity index (χ0) is 26.4. The number of aliphatic hydroxyl groups is 1. The lowest BCUT2D eigenvalue weighted by Gasteiger charge is -2.36. The van der Waals surface area contributed by atoms with Crippen LogP contribution in [0.25, 0.3) is 17.0 Å². The molecule has 37 heavy (non-hydrogen) atoms. The number of rotatable bonds is 3. The minimum absolute atomic E-state index is 0.271. The molecule has 1 unspecified atom stereocenters. The number of benzene rings is 3. The lowest BCUT2D eigenvalue weighted by Crippen LogP contribution is -2.33. The van der Waals surface area contributed by atoms with Crippen LogP contribution in [0.4, 0.5) is 0 Å². The number of nitrogens with zero attached hydrogens (tertiary/aromatic N) is 1. The second kappa shape index (κ2) is 7.92. The standard InChI is InChI=1S/C32H33NO3S/c1-18-7-9-27(10-8-18)37(35,36)33-17-24-11-12-32(34,30-20(3)13-21(4)31(33)29(24)30)26-15-25-14-19(2)22(5)23(6)28(25)16-26/h7-10,13-14,16-17,34H,11-12,15H2,1-6H3. The van der Waals surface area contributed by atoms with Gasteiger partial charge in [-0.15, -0.1) is 0 Å². The minimum Gasteiger partial charge on any atom is -0.381 e. The minimum atomic E-state index is -3.79. The molecule has 2 aliphatic rings. The molecule has 6 rings (SSSR count). The molecule has 3 aromatic carbocycles. The van der Waals surface area contributed by atoms with Gasteiger partial charge in [0.1, 0.15) is 5.60 Å². The molecule has 0 bridgehead atoms. The van der Waals surface area contributed by atoms with E-state index in [1.807, 2.05) is 39.0 Å². The Morgan fingerprint density at radius 2 is 1.57 bits per heavy atom. The van der Waals surface area contributed by atoms with Gasteiger partial charge in [0, 0.05) is 17.1 Å². The summed E-state index contributed by atoms with van der Waals surface area (Å²) in [7, 11) is -3.79. The number of fused-ring (bicyclic) bond motifs is 1. The number of hydrogen-bond acceptors (Lipinski definition) is 3. The second-order valence-electron chi connectivity index (χ2n) is 11.1. The van der Waals surface area contributed by atoms with E-state index in [-0.39, 0.29) is 4.90 Å². The van der Waals surface area contributed by atoms with Crippen LogP contribution in [0.2, 0.25) is 0 Å². The van der Waals surface area contributed by atoms with Crippen LogP contribution >= 0.6 is 0 Å². The first-order valence-electron chi connectivity index (χ1n) is 12.9. The zero-order valence-electron chi connectivity index (χ0n) is 22.4. The van der Waals surface area contributed by atoms with Crippen LogP contribution in [-0.4, -0.2) is 17.5 Å². The summed E-state index contributed by atoms with van der Waals surface area (Å²) in [5.74, 6) is 0. The smallest absolute Gasteiger partial charge is 0.268 e. The van der Waals surface area contributed by atoms with Crippen molar-refractivity contribution < 1.29 is 13.5 Å². The summed E-state index contributed by atoms with van der Waals surface area (Å²) in [5, 5.41) is 13.3. The summed E-state index contributed by atoms with van der Waals surface area (Å²) in [6, 6.07) is 11.3. The third-order valence-corrected chi connectivity index (χ3v) is 10.4. The molecule has 1 N–H and O–H groups in total. The topological polar surface area (TPSA) is 59.3 Å². The van der Waals surface area contributed by atoms with Crippen molar-refractivity contribution in [3.8, 4) is 0 Å². The van der Waals surface area contributed by atoms with Gasteiger partial charge in [-0.2, -0.15) is 0 Å². The predicted octanol–water partition coefficient (Wildman–Crippen LogP) is 6.50. The van der Waals surface area contributed by atoms with E-state index in [2.05, 4.69) is 32.9 Å². The third-order valence-electron chi connectivity index (χ3n) is 8.78. The van der Waals surface area contributed by atoms with E-state index in [1.54, 1.807) is 18.3 Å². The molecular formula is C32H33NO3S. The van der Waals surface area contributed by atoms with Gasteiger partial charge in [0.05, 0.1) is 10.4 Å². The fraction of sp³-hybridized carbons (Fsp3) is 0.312. The molecule has 1 heterocycles. The Morgan fingerprint density at radius 1 is 0.865 bits per heavy atom. The molecule has 4 aromatic rings. The fourth-order valence-corrected chi connectivity index (χ4v) is 8.02. The molecule has 2 aliphatic carbocycles. The first-order chi connectivity index (χ1) is 17.4. The molecule has 0 radical (unpaired) electrons. The highest BCUT2D eigenvalue weighted by atomic mass is 32.2. The van der Waals surface area contributed by atoms with E-state index in [1.165, 1.54) is 31.8 Å². The highest BCUT2D eigenvalue weighted by Crippen LogP contribution is 2.50. The lowest BCUT2D eigenvalue weighted by molar-refractivity contribution is 0.0645. The Morgan fingerprint density at radius 3 is 2.27 bits per heavy atom. The maximum Gasteiger partial charge on any atom is 0.268 e. The SMILES string of the molecule is Cc1ccc(S(=O)(=O)n2cc3c4c(c(C)cc(C)c42)C(O)(C2=Cc4c(cc(C)c(C)c4C)C2)CC3)cc1. The van der Waals surface area contributed by atoms with Crippen LogP contribution in [0.15, 0.2) is 53.1 Å². The van der Waals surface area contributed by atoms with E-state index in [0.717, 1.165) is 38.8 Å². The highest BCUT2D eigenvalue weighted by Gasteiger charge is 2.43. The van der Waals surface area contributed by atoms with Crippen LogP contribution in [0.1, 0.15) is 62.1 Å². The summed E-state index contributed by atoms with van der Waals surface area (Å²) >= 11 is 0. The Hall–Kier alpha value is -3.15. The molecule has 0 saturated carbocycles. The van der Waals surface area contributed by atoms with Crippen molar-refractivity contribution in [2.24, 2.45) is 0 Å². The molecule has 1 aromatic heterocycles. The van der Waals surface area contributed by atoms with Crippen LogP contribution < -0.4 is 0 Å². The van der Waals surface area contributed by atoms with Crippen LogP contribution in [0.3, 0.4) is 0 Å². The van der Waals surface area contributed by atoms with Gasteiger partial charge >= 0.3 is 0 Å². The molecule has 190 valence electrons. The summed E-state index contributed by atoms with van der Waals surface area (Å²) in [4.78, 5) is 0.271. The van der Waals surface area contributed by atoms with Crippen LogP contribution in [0.5, 0.6) is 0 Å². The van der Waals surface area contributed by atoms with Crippen molar-refractivity contribution in [3.05, 3.63) is 104 Å². The van der Waals surface area contributed by atoms with Gasteiger partial charge in [0.2, 0.25) is 0 Å². The maximum absolute atomic E-state index is 13.8. The first kappa shape index (κ1) is 24.2. The number of hydrogen-bond donors (Lipinski definition) is 1. The molecule has 0 saturated heterocycles. The van der Waals surface area contributed by atoms with Gasteiger partial charge in [-0.1, -0.05) is 35.9 Å². The summed E-state index contributed by atoms with van der Waals surface area (Å²) in [5.41, 5.74) is 11.6. The normalized spacial score (nSPS) is 18.8. The van der Waals surface area contributed by atoms with Crippen molar-refractivity contribution in [2.75, 3.05) is 0 Å². The summed E-state index contributed by atoms with van der Waals surface area (Å²) < 4.78 is 29.1. The van der Waals surface area contributed by atoms with Gasteiger partial charge in [0.25, 0.3) is 10.0 Å². The molecule has 0 amide bonds. The van der Waals surface area contributed by atoms with Crippen LogP contribution in [-0.2, 0) is 28.5 Å². The van der Waals surface area contributed by atoms with Crippen molar-refractivity contribution in [1.82, 2.24) is 3.97 Å². The van der Waals surface area contributed by atoms with Gasteiger partial charge in [-0.25, -0.2) is 12.4 Å². The average molecular weight is 512 g/mol. The predicted molar refractivity (Wildman–Crippen MR) is 150 cm³/mol. The lowest BCUT2D eigenvalue weighted by atomic mass is 9.73. The molecule has 0 fully saturated rings. The molecule has 5 heteroatoms. The molecule has 0 spiro atoms. The Balaban J connectivity index is 1.57.